The summed E-state index contributed by atoms with van der Waals surface area (Å²) in [6.45, 7) is 11.6. The van der Waals surface area contributed by atoms with Gasteiger partial charge in [-0.2, -0.15) is 0 Å². The summed E-state index contributed by atoms with van der Waals surface area (Å²) in [5, 5.41) is 7.64. The van der Waals surface area contributed by atoms with Gasteiger partial charge in [-0.25, -0.2) is 9.78 Å². The molecular weight excluding hydrogens is 350 g/mol. The van der Waals surface area contributed by atoms with E-state index in [0.717, 1.165) is 29.5 Å². The number of carbonyl (C=O) groups excluding carboxylic acids is 1. The van der Waals surface area contributed by atoms with Gasteiger partial charge in [-0.1, -0.05) is 0 Å². The highest BCUT2D eigenvalue weighted by molar-refractivity contribution is 7.11. The van der Waals surface area contributed by atoms with E-state index < -0.39 is 5.60 Å². The van der Waals surface area contributed by atoms with Gasteiger partial charge in [0.15, 0.2) is 5.96 Å². The van der Waals surface area contributed by atoms with Crippen molar-refractivity contribution < 1.29 is 9.53 Å². The maximum Gasteiger partial charge on any atom is 0.410 e. The molecule has 7 nitrogen and oxygen atoms in total. The zero-order valence-corrected chi connectivity index (χ0v) is 17.5. The van der Waals surface area contributed by atoms with Crippen LogP contribution >= 0.6 is 11.3 Å². The molecule has 1 heterocycles. The number of nitrogens with one attached hydrogen (secondary N) is 2. The summed E-state index contributed by atoms with van der Waals surface area (Å²) in [5.74, 6) is 0.718. The number of thiazole rings is 1. The number of aliphatic imine (C=N–C) groups is 1. The molecule has 2 rings (SSSR count). The van der Waals surface area contributed by atoms with Crippen molar-refractivity contribution in [2.75, 3.05) is 20.1 Å². The number of ether oxygens (including phenoxy) is 1. The highest BCUT2D eigenvalue weighted by Gasteiger charge is 2.34. The summed E-state index contributed by atoms with van der Waals surface area (Å²) >= 11 is 1.69. The molecule has 0 atom stereocenters. The lowest BCUT2D eigenvalue weighted by Crippen LogP contribution is -2.45. The number of aryl methyl sites for hydroxylation is 2. The molecule has 1 fully saturated rings. The molecule has 0 radical (unpaired) electrons. The summed E-state index contributed by atoms with van der Waals surface area (Å²) in [5.41, 5.74) is 0.584. The molecule has 1 aliphatic carbocycles. The first-order valence-corrected chi connectivity index (χ1v) is 9.88. The average molecular weight is 382 g/mol. The van der Waals surface area contributed by atoms with Crippen molar-refractivity contribution in [2.24, 2.45) is 4.99 Å². The summed E-state index contributed by atoms with van der Waals surface area (Å²) in [7, 11) is 1.74. The van der Waals surface area contributed by atoms with Gasteiger partial charge in [-0.05, 0) is 47.5 Å². The van der Waals surface area contributed by atoms with Gasteiger partial charge in [0.05, 0.1) is 17.2 Å². The van der Waals surface area contributed by atoms with E-state index >= 15 is 0 Å². The van der Waals surface area contributed by atoms with Gasteiger partial charge >= 0.3 is 6.09 Å². The first kappa shape index (κ1) is 20.5. The van der Waals surface area contributed by atoms with Crippen LogP contribution in [0.15, 0.2) is 4.99 Å². The fourth-order valence-corrected chi connectivity index (χ4v) is 3.42. The monoisotopic (exact) mass is 381 g/mol. The van der Waals surface area contributed by atoms with Crippen molar-refractivity contribution in [3.8, 4) is 0 Å². The summed E-state index contributed by atoms with van der Waals surface area (Å²) in [6.07, 6.45) is 1.87. The van der Waals surface area contributed by atoms with Crippen LogP contribution < -0.4 is 10.6 Å². The Morgan fingerprint density at radius 2 is 2.04 bits per heavy atom. The van der Waals surface area contributed by atoms with E-state index in [1.165, 1.54) is 4.88 Å². The molecule has 0 saturated heterocycles. The standard InChI is InChI=1S/C18H31N5O2S/c1-12-15(26-13(2)22-12)11-21-16(19-6)20-9-10-23(14-7-8-14)17(24)25-18(3,4)5/h14H,7-11H2,1-6H3,(H2,19,20,21). The van der Waals surface area contributed by atoms with Gasteiger partial charge in [0.25, 0.3) is 0 Å². The van der Waals surface area contributed by atoms with Gasteiger partial charge in [0.2, 0.25) is 0 Å². The Bertz CT molecular complexity index is 646. The molecule has 0 aromatic carbocycles. The van der Waals surface area contributed by atoms with Crippen LogP contribution in [0.1, 0.15) is 49.2 Å². The number of hydrogen-bond donors (Lipinski definition) is 2. The Labute approximate surface area is 160 Å². The van der Waals surface area contributed by atoms with E-state index in [1.54, 1.807) is 18.4 Å². The Balaban J connectivity index is 1.79. The number of guanidine groups is 1. The largest absolute Gasteiger partial charge is 0.444 e. The molecule has 1 saturated carbocycles. The molecule has 1 aromatic rings. The molecule has 26 heavy (non-hydrogen) atoms. The van der Waals surface area contributed by atoms with Crippen molar-refractivity contribution in [3.05, 3.63) is 15.6 Å². The Morgan fingerprint density at radius 1 is 1.35 bits per heavy atom. The molecule has 146 valence electrons. The third-order valence-corrected chi connectivity index (χ3v) is 4.97. The molecule has 1 amide bonds. The van der Waals surface area contributed by atoms with Crippen LogP contribution in [0.25, 0.3) is 0 Å². The van der Waals surface area contributed by atoms with E-state index in [-0.39, 0.29) is 6.09 Å². The van der Waals surface area contributed by atoms with E-state index in [9.17, 15) is 4.79 Å². The SMILES string of the molecule is CN=C(NCCN(C(=O)OC(C)(C)C)C1CC1)NCc1sc(C)nc1C. The van der Waals surface area contributed by atoms with Gasteiger partial charge in [-0.3, -0.25) is 4.99 Å². The van der Waals surface area contributed by atoms with Crippen LogP contribution in [0.5, 0.6) is 0 Å². The van der Waals surface area contributed by atoms with Crippen LogP contribution in [0.3, 0.4) is 0 Å². The predicted octanol–water partition coefficient (Wildman–Crippen LogP) is 2.82. The first-order chi connectivity index (χ1) is 12.2. The summed E-state index contributed by atoms with van der Waals surface area (Å²) in [4.78, 5) is 24.1. The maximum atomic E-state index is 12.4. The maximum absolute atomic E-state index is 12.4. The second-order valence-corrected chi connectivity index (χ2v) is 8.79. The average Bonchev–Trinajstić information content (AvgIpc) is 3.30. The lowest BCUT2D eigenvalue weighted by Gasteiger charge is -2.27. The molecule has 2 N–H and O–H groups in total. The number of hydrogen-bond acceptors (Lipinski definition) is 5. The Kier molecular flexibility index (Phi) is 6.86. The molecule has 1 aromatic heterocycles. The van der Waals surface area contributed by atoms with Crippen LogP contribution in [0, 0.1) is 13.8 Å². The number of aromatic nitrogens is 1. The third-order valence-electron chi connectivity index (χ3n) is 3.90. The lowest BCUT2D eigenvalue weighted by molar-refractivity contribution is 0.0238. The second kappa shape index (κ2) is 8.70. The van der Waals surface area contributed by atoms with Crippen LogP contribution in [0.4, 0.5) is 4.79 Å². The van der Waals surface area contributed by atoms with Crippen molar-refractivity contribution in [1.82, 2.24) is 20.5 Å². The minimum Gasteiger partial charge on any atom is -0.444 e. The highest BCUT2D eigenvalue weighted by Crippen LogP contribution is 2.28. The Morgan fingerprint density at radius 3 is 2.54 bits per heavy atom. The number of nitrogens with zero attached hydrogens (tertiary/aromatic N) is 3. The van der Waals surface area contributed by atoms with E-state index in [1.807, 2.05) is 39.5 Å². The lowest BCUT2D eigenvalue weighted by atomic mass is 10.2. The zero-order chi connectivity index (χ0) is 19.3. The highest BCUT2D eigenvalue weighted by atomic mass is 32.1. The molecule has 0 unspecified atom stereocenters. The van der Waals surface area contributed by atoms with Crippen molar-refractivity contribution in [1.29, 1.82) is 0 Å². The van der Waals surface area contributed by atoms with E-state index in [0.29, 0.717) is 25.7 Å². The quantitative estimate of drug-likeness (QED) is 0.585. The smallest absolute Gasteiger partial charge is 0.410 e. The predicted molar refractivity (Wildman–Crippen MR) is 106 cm³/mol. The van der Waals surface area contributed by atoms with Gasteiger partial charge in [0.1, 0.15) is 5.60 Å². The van der Waals surface area contributed by atoms with E-state index in [2.05, 4.69) is 20.6 Å². The first-order valence-electron chi connectivity index (χ1n) is 9.06. The molecular formula is C18H31N5O2S. The minimum atomic E-state index is -0.472. The molecule has 1 aliphatic rings. The minimum absolute atomic E-state index is 0.236. The fraction of sp³-hybridized carbons (Fsp3) is 0.722. The second-order valence-electron chi connectivity index (χ2n) is 7.50. The zero-order valence-electron chi connectivity index (χ0n) is 16.7. The van der Waals surface area contributed by atoms with Gasteiger partial charge < -0.3 is 20.3 Å². The number of amides is 1. The van der Waals surface area contributed by atoms with Crippen LogP contribution in [-0.2, 0) is 11.3 Å². The van der Waals surface area contributed by atoms with Crippen LogP contribution in [0.2, 0.25) is 0 Å². The summed E-state index contributed by atoms with van der Waals surface area (Å²) in [6, 6.07) is 0.310. The van der Waals surface area contributed by atoms with E-state index in [4.69, 9.17) is 4.74 Å². The Hall–Kier alpha value is -1.83. The van der Waals surface area contributed by atoms with Crippen LogP contribution in [-0.4, -0.2) is 53.7 Å². The fourth-order valence-electron chi connectivity index (χ4n) is 2.55. The number of rotatable bonds is 6. The van der Waals surface area contributed by atoms with Gasteiger partial charge in [0, 0.05) is 31.1 Å². The third kappa shape index (κ3) is 6.48. The molecule has 0 bridgehead atoms. The summed E-state index contributed by atoms with van der Waals surface area (Å²) < 4.78 is 5.51. The van der Waals surface area contributed by atoms with Crippen molar-refractivity contribution >= 4 is 23.4 Å². The van der Waals surface area contributed by atoms with Crippen molar-refractivity contribution in [2.45, 2.75) is 65.6 Å². The normalized spacial score (nSPS) is 14.9. The van der Waals surface area contributed by atoms with Crippen molar-refractivity contribution in [3.63, 3.8) is 0 Å². The number of carbonyl (C=O) groups is 1. The topological polar surface area (TPSA) is 78.9 Å². The molecule has 0 spiro atoms. The van der Waals surface area contributed by atoms with Gasteiger partial charge in [-0.15, -0.1) is 11.3 Å². The molecule has 0 aliphatic heterocycles. The molecule has 8 heteroatoms.